The molecule has 2 amide bonds. The maximum Gasteiger partial charge on any atom is 0.257 e. The van der Waals surface area contributed by atoms with Crippen LogP contribution in [0.5, 0.6) is 0 Å². The first-order valence-corrected chi connectivity index (χ1v) is 9.08. The summed E-state index contributed by atoms with van der Waals surface area (Å²) < 4.78 is 27.1. The van der Waals surface area contributed by atoms with Gasteiger partial charge in [-0.25, -0.2) is 8.78 Å². The summed E-state index contributed by atoms with van der Waals surface area (Å²) in [7, 11) is 0. The first-order valence-electron chi connectivity index (χ1n) is 8.70. The first-order chi connectivity index (χ1) is 12.9. The number of carbonyl (C=O) groups excluding carboxylic acids is 2. The van der Waals surface area contributed by atoms with Crippen LogP contribution in [0.15, 0.2) is 42.5 Å². The lowest BCUT2D eigenvalue weighted by Gasteiger charge is -2.35. The fraction of sp³-hybridized carbons (Fsp3) is 0.300. The molecular weight excluding hydrogens is 374 g/mol. The summed E-state index contributed by atoms with van der Waals surface area (Å²) in [4.78, 5) is 28.0. The van der Waals surface area contributed by atoms with Crippen molar-refractivity contribution in [3.8, 4) is 0 Å². The Bertz CT molecular complexity index is 852. The maximum absolute atomic E-state index is 13.9. The van der Waals surface area contributed by atoms with Crippen molar-refractivity contribution in [3.63, 3.8) is 0 Å². The Morgan fingerprint density at radius 3 is 2.37 bits per heavy atom. The highest BCUT2D eigenvalue weighted by Crippen LogP contribution is 2.18. The molecule has 2 aromatic rings. The van der Waals surface area contributed by atoms with Crippen molar-refractivity contribution in [3.05, 3.63) is 70.2 Å². The summed E-state index contributed by atoms with van der Waals surface area (Å²) in [6, 6.07) is 10.1. The highest BCUT2D eigenvalue weighted by atomic mass is 35.5. The molecule has 1 aliphatic heterocycles. The van der Waals surface area contributed by atoms with E-state index in [1.54, 1.807) is 17.0 Å². The number of carbonyl (C=O) groups is 2. The fourth-order valence-electron chi connectivity index (χ4n) is 3.09. The average Bonchev–Trinajstić information content (AvgIpc) is 2.67. The first kappa shape index (κ1) is 19.3. The molecule has 27 heavy (non-hydrogen) atoms. The van der Waals surface area contributed by atoms with Gasteiger partial charge in [0.25, 0.3) is 5.91 Å². The van der Waals surface area contributed by atoms with Gasteiger partial charge < -0.3 is 9.80 Å². The van der Waals surface area contributed by atoms with Gasteiger partial charge in [0.2, 0.25) is 5.91 Å². The predicted octanol–water partition coefficient (Wildman–Crippen LogP) is 3.54. The minimum atomic E-state index is -0.613. The molecule has 0 unspecified atom stereocenters. The van der Waals surface area contributed by atoms with Crippen LogP contribution in [0.25, 0.3) is 0 Å². The Labute approximate surface area is 161 Å². The number of hydrogen-bond donors (Lipinski definition) is 0. The summed E-state index contributed by atoms with van der Waals surface area (Å²) in [6.45, 7) is 1.43. The van der Waals surface area contributed by atoms with E-state index in [-0.39, 0.29) is 23.7 Å². The predicted molar refractivity (Wildman–Crippen MR) is 98.6 cm³/mol. The number of piperazine rings is 1. The van der Waals surface area contributed by atoms with Gasteiger partial charge in [-0.1, -0.05) is 23.7 Å². The van der Waals surface area contributed by atoms with E-state index in [1.165, 1.54) is 35.2 Å². The molecule has 0 spiro atoms. The number of benzene rings is 2. The molecule has 0 atom stereocenters. The van der Waals surface area contributed by atoms with Crippen LogP contribution < -0.4 is 0 Å². The van der Waals surface area contributed by atoms with E-state index in [2.05, 4.69) is 0 Å². The number of hydrogen-bond acceptors (Lipinski definition) is 2. The van der Waals surface area contributed by atoms with Gasteiger partial charge in [0.1, 0.15) is 11.6 Å². The van der Waals surface area contributed by atoms with Crippen molar-refractivity contribution < 1.29 is 18.4 Å². The molecular formula is C20H19ClF2N2O2. The second kappa shape index (κ2) is 8.48. The number of halogens is 3. The molecule has 0 N–H and O–H groups in total. The maximum atomic E-state index is 13.9. The third-order valence-electron chi connectivity index (χ3n) is 4.59. The zero-order valence-corrected chi connectivity index (χ0v) is 15.4. The van der Waals surface area contributed by atoms with Crippen LogP contribution in [0.1, 0.15) is 22.3 Å². The van der Waals surface area contributed by atoms with Crippen LogP contribution in [0, 0.1) is 11.6 Å². The van der Waals surface area contributed by atoms with Gasteiger partial charge in [0.05, 0.1) is 5.56 Å². The van der Waals surface area contributed by atoms with Gasteiger partial charge in [0, 0.05) is 37.6 Å². The average molecular weight is 393 g/mol. The summed E-state index contributed by atoms with van der Waals surface area (Å²) in [5.74, 6) is -1.40. The standard InChI is InChI=1S/C20H19ClF2N2O2/c21-15-5-6-18(23)17(13-15)20(27)25-10-8-24(9-11-25)19(26)7-4-14-2-1-3-16(22)12-14/h1-3,5-6,12-13H,4,7-11H2. The zero-order valence-electron chi connectivity index (χ0n) is 14.6. The Morgan fingerprint density at radius 1 is 0.963 bits per heavy atom. The summed E-state index contributed by atoms with van der Waals surface area (Å²) in [5.41, 5.74) is 0.710. The highest BCUT2D eigenvalue weighted by molar-refractivity contribution is 6.31. The molecule has 0 aromatic heterocycles. The minimum Gasteiger partial charge on any atom is -0.339 e. The smallest absolute Gasteiger partial charge is 0.257 e. The van der Waals surface area contributed by atoms with E-state index >= 15 is 0 Å². The summed E-state index contributed by atoms with van der Waals surface area (Å²) >= 11 is 5.85. The van der Waals surface area contributed by atoms with Gasteiger partial charge in [-0.2, -0.15) is 0 Å². The van der Waals surface area contributed by atoms with Crippen molar-refractivity contribution in [1.29, 1.82) is 0 Å². The molecule has 1 fully saturated rings. The molecule has 2 aromatic carbocycles. The number of nitrogens with zero attached hydrogens (tertiary/aromatic N) is 2. The van der Waals surface area contributed by atoms with Gasteiger partial charge in [0.15, 0.2) is 0 Å². The van der Waals surface area contributed by atoms with Gasteiger partial charge in [-0.05, 0) is 42.3 Å². The second-order valence-corrected chi connectivity index (χ2v) is 6.86. The molecule has 0 radical (unpaired) electrons. The van der Waals surface area contributed by atoms with E-state index < -0.39 is 11.7 Å². The molecule has 7 heteroatoms. The van der Waals surface area contributed by atoms with Gasteiger partial charge in [-0.15, -0.1) is 0 Å². The molecule has 4 nitrogen and oxygen atoms in total. The van der Waals surface area contributed by atoms with Crippen molar-refractivity contribution >= 4 is 23.4 Å². The third kappa shape index (κ3) is 4.83. The van der Waals surface area contributed by atoms with E-state index in [1.807, 2.05) is 0 Å². The SMILES string of the molecule is O=C(CCc1cccc(F)c1)N1CCN(C(=O)c2cc(Cl)ccc2F)CC1. The highest BCUT2D eigenvalue weighted by Gasteiger charge is 2.26. The molecule has 0 saturated carbocycles. The molecule has 1 aliphatic rings. The molecule has 3 rings (SSSR count). The lowest BCUT2D eigenvalue weighted by molar-refractivity contribution is -0.132. The van der Waals surface area contributed by atoms with E-state index in [0.717, 1.165) is 5.56 Å². The van der Waals surface area contributed by atoms with Crippen LogP contribution in [0.2, 0.25) is 5.02 Å². The quantitative estimate of drug-likeness (QED) is 0.798. The van der Waals surface area contributed by atoms with Gasteiger partial charge >= 0.3 is 0 Å². The van der Waals surface area contributed by atoms with Crippen molar-refractivity contribution in [2.24, 2.45) is 0 Å². The zero-order chi connectivity index (χ0) is 19.4. The molecule has 0 aliphatic carbocycles. The van der Waals surface area contributed by atoms with Crippen LogP contribution in [0.4, 0.5) is 8.78 Å². The Kier molecular flexibility index (Phi) is 6.06. The largest absolute Gasteiger partial charge is 0.339 e. The number of rotatable bonds is 4. The van der Waals surface area contributed by atoms with Crippen LogP contribution in [0.3, 0.4) is 0 Å². The van der Waals surface area contributed by atoms with Crippen molar-refractivity contribution in [1.82, 2.24) is 9.80 Å². The Hall–Kier alpha value is -2.47. The Balaban J connectivity index is 1.53. The van der Waals surface area contributed by atoms with Crippen molar-refractivity contribution in [2.75, 3.05) is 26.2 Å². The normalized spacial score (nSPS) is 14.3. The number of aryl methyl sites for hydroxylation is 1. The monoisotopic (exact) mass is 392 g/mol. The van der Waals surface area contributed by atoms with Crippen LogP contribution in [-0.2, 0) is 11.2 Å². The van der Waals surface area contributed by atoms with Crippen LogP contribution in [-0.4, -0.2) is 47.8 Å². The third-order valence-corrected chi connectivity index (χ3v) is 4.83. The summed E-state index contributed by atoms with van der Waals surface area (Å²) in [6.07, 6.45) is 0.740. The number of amides is 2. The van der Waals surface area contributed by atoms with Crippen molar-refractivity contribution in [2.45, 2.75) is 12.8 Å². The fourth-order valence-corrected chi connectivity index (χ4v) is 3.26. The van der Waals surface area contributed by atoms with E-state index in [9.17, 15) is 18.4 Å². The van der Waals surface area contributed by atoms with E-state index in [0.29, 0.717) is 37.6 Å². The second-order valence-electron chi connectivity index (χ2n) is 6.43. The Morgan fingerprint density at radius 2 is 1.67 bits per heavy atom. The lowest BCUT2D eigenvalue weighted by Crippen LogP contribution is -2.50. The molecule has 1 saturated heterocycles. The molecule has 142 valence electrons. The molecule has 0 bridgehead atoms. The summed E-state index contributed by atoms with van der Waals surface area (Å²) in [5, 5.41) is 0.297. The topological polar surface area (TPSA) is 40.6 Å². The van der Waals surface area contributed by atoms with Crippen LogP contribution >= 0.6 is 11.6 Å². The van der Waals surface area contributed by atoms with E-state index in [4.69, 9.17) is 11.6 Å². The molecule has 1 heterocycles. The van der Waals surface area contributed by atoms with Gasteiger partial charge in [-0.3, -0.25) is 9.59 Å². The lowest BCUT2D eigenvalue weighted by atomic mass is 10.1. The minimum absolute atomic E-state index is 0.0414.